The van der Waals surface area contributed by atoms with Crippen molar-refractivity contribution in [2.75, 3.05) is 13.1 Å². The summed E-state index contributed by atoms with van der Waals surface area (Å²) in [5.41, 5.74) is 0. The number of alkyl halides is 2. The molecule has 60 valence electrons. The first-order valence-corrected chi connectivity index (χ1v) is 3.43. The summed E-state index contributed by atoms with van der Waals surface area (Å²) < 4.78 is 27.4. The quantitative estimate of drug-likeness (QED) is 0.635. The lowest BCUT2D eigenvalue weighted by molar-refractivity contribution is -0.165. The smallest absolute Gasteiger partial charge is 0.318 e. The highest BCUT2D eigenvalue weighted by Crippen LogP contribution is 2.09. The van der Waals surface area contributed by atoms with E-state index in [1.54, 1.807) is 0 Å². The molecule has 1 saturated heterocycles. The molecule has 0 spiro atoms. The van der Waals surface area contributed by atoms with Gasteiger partial charge < -0.3 is 10.1 Å². The third-order valence-corrected chi connectivity index (χ3v) is 1.55. The predicted octanol–water partition coefficient (Wildman–Crippen LogP) is 0.978. The molecule has 1 heterocycles. The molecule has 0 saturated carbocycles. The maximum Gasteiger partial charge on any atom is 0.345 e. The topological polar surface area (TPSA) is 21.3 Å². The number of ether oxygens (including phenoxy) is 1. The van der Waals surface area contributed by atoms with E-state index in [0.29, 0.717) is 6.54 Å². The summed E-state index contributed by atoms with van der Waals surface area (Å²) in [6.07, 6.45) is 1.39. The van der Waals surface area contributed by atoms with Crippen LogP contribution in [0.1, 0.15) is 12.8 Å². The Morgan fingerprint density at radius 3 is 2.80 bits per heavy atom. The van der Waals surface area contributed by atoms with Crippen molar-refractivity contribution >= 4 is 0 Å². The van der Waals surface area contributed by atoms with Crippen LogP contribution in [0.5, 0.6) is 0 Å². The van der Waals surface area contributed by atoms with E-state index < -0.39 is 6.61 Å². The molecule has 1 atom stereocenters. The van der Waals surface area contributed by atoms with E-state index in [4.69, 9.17) is 0 Å². The zero-order chi connectivity index (χ0) is 7.40. The van der Waals surface area contributed by atoms with Crippen molar-refractivity contribution in [2.24, 2.45) is 0 Å². The van der Waals surface area contributed by atoms with E-state index in [1.807, 2.05) is 0 Å². The molecule has 0 aromatic carbocycles. The SMILES string of the molecule is FC(F)OC1CCCNC1. The lowest BCUT2D eigenvalue weighted by Gasteiger charge is -2.22. The second-order valence-electron chi connectivity index (χ2n) is 2.37. The summed E-state index contributed by atoms with van der Waals surface area (Å²) in [5, 5.41) is 2.98. The maximum atomic E-state index is 11.6. The number of nitrogens with one attached hydrogen (secondary N) is 1. The van der Waals surface area contributed by atoms with E-state index in [2.05, 4.69) is 10.1 Å². The molecule has 1 fully saturated rings. The summed E-state index contributed by atoms with van der Waals surface area (Å²) in [6, 6.07) is 0. The lowest BCUT2D eigenvalue weighted by Crippen LogP contribution is -2.36. The third-order valence-electron chi connectivity index (χ3n) is 1.55. The fourth-order valence-corrected chi connectivity index (χ4v) is 1.08. The van der Waals surface area contributed by atoms with Crippen LogP contribution in [0.3, 0.4) is 0 Å². The van der Waals surface area contributed by atoms with Gasteiger partial charge in [-0.15, -0.1) is 0 Å². The second kappa shape index (κ2) is 3.83. The molecule has 1 unspecified atom stereocenters. The van der Waals surface area contributed by atoms with Gasteiger partial charge in [0.15, 0.2) is 0 Å². The molecule has 1 N–H and O–H groups in total. The first-order valence-electron chi connectivity index (χ1n) is 3.43. The Labute approximate surface area is 58.6 Å². The summed E-state index contributed by atoms with van der Waals surface area (Å²) in [4.78, 5) is 0. The van der Waals surface area contributed by atoms with Crippen LogP contribution in [-0.4, -0.2) is 25.8 Å². The minimum Gasteiger partial charge on any atom is -0.318 e. The fraction of sp³-hybridized carbons (Fsp3) is 1.00. The molecule has 0 aromatic rings. The zero-order valence-electron chi connectivity index (χ0n) is 5.65. The van der Waals surface area contributed by atoms with Crippen LogP contribution in [-0.2, 0) is 4.74 Å². The molecule has 0 aliphatic carbocycles. The molecule has 2 nitrogen and oxygen atoms in total. The third kappa shape index (κ3) is 2.58. The van der Waals surface area contributed by atoms with E-state index in [1.165, 1.54) is 0 Å². The summed E-state index contributed by atoms with van der Waals surface area (Å²) in [5.74, 6) is 0. The van der Waals surface area contributed by atoms with Crippen LogP contribution >= 0.6 is 0 Å². The molecule has 0 radical (unpaired) electrons. The van der Waals surface area contributed by atoms with Gasteiger partial charge in [-0.05, 0) is 19.4 Å². The molecule has 0 amide bonds. The summed E-state index contributed by atoms with van der Waals surface area (Å²) in [7, 11) is 0. The normalized spacial score (nSPS) is 27.3. The number of hydrogen-bond donors (Lipinski definition) is 1. The number of halogens is 2. The largest absolute Gasteiger partial charge is 0.345 e. The van der Waals surface area contributed by atoms with Gasteiger partial charge >= 0.3 is 6.61 Å². The average Bonchev–Trinajstić information content (AvgIpc) is 1.88. The van der Waals surface area contributed by atoms with Gasteiger partial charge in [0.2, 0.25) is 0 Å². The van der Waals surface area contributed by atoms with Crippen LogP contribution in [0, 0.1) is 0 Å². The molecular weight excluding hydrogens is 140 g/mol. The van der Waals surface area contributed by atoms with Gasteiger partial charge in [-0.25, -0.2) is 0 Å². The van der Waals surface area contributed by atoms with Gasteiger partial charge in [-0.1, -0.05) is 0 Å². The van der Waals surface area contributed by atoms with Gasteiger partial charge in [0.05, 0.1) is 6.10 Å². The molecule has 10 heavy (non-hydrogen) atoms. The van der Waals surface area contributed by atoms with Crippen molar-refractivity contribution in [3.63, 3.8) is 0 Å². The molecule has 0 aromatic heterocycles. The highest BCUT2D eigenvalue weighted by Gasteiger charge is 2.16. The first-order chi connectivity index (χ1) is 4.79. The van der Waals surface area contributed by atoms with Gasteiger partial charge in [0.25, 0.3) is 0 Å². The first kappa shape index (κ1) is 7.88. The highest BCUT2D eigenvalue weighted by atomic mass is 19.3. The predicted molar refractivity (Wildman–Crippen MR) is 33.0 cm³/mol. The van der Waals surface area contributed by atoms with Crippen molar-refractivity contribution in [1.29, 1.82) is 0 Å². The van der Waals surface area contributed by atoms with E-state index >= 15 is 0 Å². The second-order valence-corrected chi connectivity index (χ2v) is 2.37. The molecule has 4 heteroatoms. The highest BCUT2D eigenvalue weighted by molar-refractivity contribution is 4.68. The maximum absolute atomic E-state index is 11.6. The standard InChI is InChI=1S/C6H11F2NO/c7-6(8)10-5-2-1-3-9-4-5/h5-6,9H,1-4H2. The number of piperidine rings is 1. The van der Waals surface area contributed by atoms with Gasteiger partial charge in [-0.2, -0.15) is 8.78 Å². The Morgan fingerprint density at radius 2 is 2.30 bits per heavy atom. The van der Waals surface area contributed by atoms with Crippen LogP contribution in [0.15, 0.2) is 0 Å². The molecule has 1 aliphatic heterocycles. The summed E-state index contributed by atoms with van der Waals surface area (Å²) >= 11 is 0. The van der Waals surface area contributed by atoms with Gasteiger partial charge in [-0.3, -0.25) is 0 Å². The van der Waals surface area contributed by atoms with Crippen LogP contribution in [0.2, 0.25) is 0 Å². The Morgan fingerprint density at radius 1 is 1.50 bits per heavy atom. The van der Waals surface area contributed by atoms with Gasteiger partial charge in [0, 0.05) is 6.54 Å². The zero-order valence-corrected chi connectivity index (χ0v) is 5.65. The minimum atomic E-state index is -2.62. The molecule has 0 bridgehead atoms. The van der Waals surface area contributed by atoms with Crippen molar-refractivity contribution in [3.05, 3.63) is 0 Å². The van der Waals surface area contributed by atoms with E-state index in [9.17, 15) is 8.78 Å². The van der Waals surface area contributed by atoms with Crippen molar-refractivity contribution < 1.29 is 13.5 Å². The number of hydrogen-bond acceptors (Lipinski definition) is 2. The van der Waals surface area contributed by atoms with Crippen molar-refractivity contribution in [2.45, 2.75) is 25.6 Å². The Kier molecular flexibility index (Phi) is 3.02. The van der Waals surface area contributed by atoms with Gasteiger partial charge in [0.1, 0.15) is 0 Å². The van der Waals surface area contributed by atoms with E-state index in [-0.39, 0.29) is 6.10 Å². The average molecular weight is 151 g/mol. The van der Waals surface area contributed by atoms with Crippen molar-refractivity contribution in [3.8, 4) is 0 Å². The Bertz CT molecular complexity index is 93.7. The van der Waals surface area contributed by atoms with Crippen LogP contribution < -0.4 is 5.32 Å². The molecule has 1 aliphatic rings. The van der Waals surface area contributed by atoms with Crippen molar-refractivity contribution in [1.82, 2.24) is 5.32 Å². The van der Waals surface area contributed by atoms with Crippen LogP contribution in [0.25, 0.3) is 0 Å². The Hall–Kier alpha value is -0.220. The monoisotopic (exact) mass is 151 g/mol. The summed E-state index contributed by atoms with van der Waals surface area (Å²) in [6.45, 7) is -1.14. The molecular formula is C6H11F2NO. The lowest BCUT2D eigenvalue weighted by atomic mass is 10.1. The fourth-order valence-electron chi connectivity index (χ4n) is 1.08. The van der Waals surface area contributed by atoms with Crippen LogP contribution in [0.4, 0.5) is 8.78 Å². The Balaban J connectivity index is 2.13. The minimum absolute atomic E-state index is 0.284. The molecule has 1 rings (SSSR count). The number of rotatable bonds is 2. The van der Waals surface area contributed by atoms with E-state index in [0.717, 1.165) is 19.4 Å².